The van der Waals surface area contributed by atoms with Gasteiger partial charge in [-0.2, -0.15) is 0 Å². The van der Waals surface area contributed by atoms with E-state index in [0.29, 0.717) is 18.0 Å². The van der Waals surface area contributed by atoms with Gasteiger partial charge in [-0.15, -0.1) is 0 Å². The van der Waals surface area contributed by atoms with Crippen molar-refractivity contribution in [2.24, 2.45) is 0 Å². The standard InChI is InChI=1S/C14H22N2O2S/c1-8-9(2)11(4)14(12(5)10(8)3)19(17,18)16-13-6-15-7-13/h13,15-16H,6-7H2,1-5H3. The Bertz CT molecular complexity index is 588. The molecule has 1 aromatic rings. The van der Waals surface area contributed by atoms with E-state index in [9.17, 15) is 8.42 Å². The third kappa shape index (κ3) is 2.42. The zero-order chi connectivity index (χ0) is 14.4. The predicted octanol–water partition coefficient (Wildman–Crippen LogP) is 1.48. The van der Waals surface area contributed by atoms with Gasteiger partial charge in [-0.05, 0) is 62.4 Å². The number of nitrogens with one attached hydrogen (secondary N) is 2. The Kier molecular flexibility index (Phi) is 3.73. The summed E-state index contributed by atoms with van der Waals surface area (Å²) in [5.74, 6) is 0. The maximum atomic E-state index is 12.6. The number of rotatable bonds is 3. The van der Waals surface area contributed by atoms with Crippen LogP contribution in [0.5, 0.6) is 0 Å². The van der Waals surface area contributed by atoms with Crippen LogP contribution in [0, 0.1) is 34.6 Å². The molecular formula is C14H22N2O2S. The molecule has 5 heteroatoms. The predicted molar refractivity (Wildman–Crippen MR) is 77.1 cm³/mol. The summed E-state index contributed by atoms with van der Waals surface area (Å²) in [6.07, 6.45) is 0. The molecule has 1 aliphatic heterocycles. The van der Waals surface area contributed by atoms with Crippen LogP contribution in [-0.4, -0.2) is 27.5 Å². The minimum atomic E-state index is -3.43. The van der Waals surface area contributed by atoms with Crippen LogP contribution >= 0.6 is 0 Å². The summed E-state index contributed by atoms with van der Waals surface area (Å²) >= 11 is 0. The molecule has 0 bridgehead atoms. The highest BCUT2D eigenvalue weighted by Crippen LogP contribution is 2.29. The fourth-order valence-corrected chi connectivity index (χ4v) is 4.35. The van der Waals surface area contributed by atoms with Gasteiger partial charge in [0.25, 0.3) is 0 Å². The molecule has 0 aliphatic carbocycles. The molecule has 1 aliphatic rings. The second-order valence-electron chi connectivity index (χ2n) is 5.43. The van der Waals surface area contributed by atoms with Crippen LogP contribution in [0.15, 0.2) is 4.90 Å². The smallest absolute Gasteiger partial charge is 0.241 e. The highest BCUT2D eigenvalue weighted by Gasteiger charge is 2.28. The zero-order valence-corrected chi connectivity index (χ0v) is 13.0. The van der Waals surface area contributed by atoms with E-state index in [-0.39, 0.29) is 6.04 Å². The van der Waals surface area contributed by atoms with Gasteiger partial charge in [-0.1, -0.05) is 0 Å². The SMILES string of the molecule is Cc1c(C)c(C)c(S(=O)(=O)NC2CNC2)c(C)c1C. The molecule has 0 aromatic heterocycles. The minimum Gasteiger partial charge on any atom is -0.313 e. The van der Waals surface area contributed by atoms with Crippen LogP contribution in [0.3, 0.4) is 0 Å². The van der Waals surface area contributed by atoms with Gasteiger partial charge in [0, 0.05) is 19.1 Å². The van der Waals surface area contributed by atoms with Gasteiger partial charge in [0.1, 0.15) is 0 Å². The lowest BCUT2D eigenvalue weighted by molar-refractivity contribution is 0.410. The van der Waals surface area contributed by atoms with Crippen LogP contribution in [0.2, 0.25) is 0 Å². The van der Waals surface area contributed by atoms with Crippen molar-refractivity contribution in [2.75, 3.05) is 13.1 Å². The maximum Gasteiger partial charge on any atom is 0.241 e. The number of hydrogen-bond donors (Lipinski definition) is 2. The van der Waals surface area contributed by atoms with E-state index >= 15 is 0 Å². The van der Waals surface area contributed by atoms with E-state index < -0.39 is 10.0 Å². The van der Waals surface area contributed by atoms with Crippen molar-refractivity contribution < 1.29 is 8.42 Å². The first-order valence-electron chi connectivity index (χ1n) is 6.55. The Hall–Kier alpha value is -0.910. The zero-order valence-electron chi connectivity index (χ0n) is 12.2. The lowest BCUT2D eigenvalue weighted by Crippen LogP contribution is -2.56. The topological polar surface area (TPSA) is 58.2 Å². The van der Waals surface area contributed by atoms with E-state index in [1.165, 1.54) is 5.56 Å². The van der Waals surface area contributed by atoms with Gasteiger partial charge in [0.05, 0.1) is 4.90 Å². The van der Waals surface area contributed by atoms with Gasteiger partial charge in [0.2, 0.25) is 10.0 Å². The van der Waals surface area contributed by atoms with Crippen LogP contribution in [0.1, 0.15) is 27.8 Å². The molecule has 0 atom stereocenters. The average Bonchev–Trinajstić information content (AvgIpc) is 2.29. The van der Waals surface area contributed by atoms with Crippen LogP contribution in [0.25, 0.3) is 0 Å². The summed E-state index contributed by atoms with van der Waals surface area (Å²) in [4.78, 5) is 0.458. The van der Waals surface area contributed by atoms with Crippen molar-refractivity contribution in [1.29, 1.82) is 0 Å². The third-order valence-electron chi connectivity index (χ3n) is 4.30. The second kappa shape index (κ2) is 4.89. The van der Waals surface area contributed by atoms with Crippen LogP contribution < -0.4 is 10.0 Å². The molecule has 2 N–H and O–H groups in total. The van der Waals surface area contributed by atoms with Crippen LogP contribution in [-0.2, 0) is 10.0 Å². The highest BCUT2D eigenvalue weighted by atomic mass is 32.2. The fraction of sp³-hybridized carbons (Fsp3) is 0.571. The summed E-state index contributed by atoms with van der Waals surface area (Å²) in [6.45, 7) is 11.2. The second-order valence-corrected chi connectivity index (χ2v) is 7.08. The molecule has 2 rings (SSSR count). The molecule has 0 amide bonds. The average molecular weight is 282 g/mol. The number of benzene rings is 1. The van der Waals surface area contributed by atoms with Gasteiger partial charge in [-0.25, -0.2) is 13.1 Å². The Labute approximate surface area is 115 Å². The molecule has 1 aromatic carbocycles. The minimum absolute atomic E-state index is 0.0192. The molecule has 0 unspecified atom stereocenters. The van der Waals surface area contributed by atoms with Gasteiger partial charge < -0.3 is 5.32 Å². The monoisotopic (exact) mass is 282 g/mol. The van der Waals surface area contributed by atoms with E-state index in [2.05, 4.69) is 10.0 Å². The lowest BCUT2D eigenvalue weighted by Gasteiger charge is -2.29. The van der Waals surface area contributed by atoms with E-state index in [0.717, 1.165) is 22.3 Å². The van der Waals surface area contributed by atoms with Crippen molar-refractivity contribution in [1.82, 2.24) is 10.0 Å². The van der Waals surface area contributed by atoms with Gasteiger partial charge in [0.15, 0.2) is 0 Å². The van der Waals surface area contributed by atoms with Crippen LogP contribution in [0.4, 0.5) is 0 Å². The molecule has 106 valence electrons. The summed E-state index contributed by atoms with van der Waals surface area (Å²) in [6, 6.07) is 0.0192. The Balaban J connectivity index is 2.55. The Morgan fingerprint density at radius 1 is 0.895 bits per heavy atom. The van der Waals surface area contributed by atoms with Crippen molar-refractivity contribution >= 4 is 10.0 Å². The molecule has 0 radical (unpaired) electrons. The molecule has 19 heavy (non-hydrogen) atoms. The third-order valence-corrected chi connectivity index (χ3v) is 6.10. The van der Waals surface area contributed by atoms with E-state index in [1.807, 2.05) is 34.6 Å². The quantitative estimate of drug-likeness (QED) is 0.883. The van der Waals surface area contributed by atoms with Gasteiger partial charge >= 0.3 is 0 Å². The normalized spacial score (nSPS) is 16.5. The highest BCUT2D eigenvalue weighted by molar-refractivity contribution is 7.89. The molecule has 1 fully saturated rings. The first-order chi connectivity index (χ1) is 8.75. The largest absolute Gasteiger partial charge is 0.313 e. The lowest BCUT2D eigenvalue weighted by atomic mass is 9.95. The van der Waals surface area contributed by atoms with Crippen molar-refractivity contribution in [3.05, 3.63) is 27.8 Å². The first-order valence-corrected chi connectivity index (χ1v) is 8.04. The van der Waals surface area contributed by atoms with Crippen molar-refractivity contribution in [3.8, 4) is 0 Å². The fourth-order valence-electron chi connectivity index (χ4n) is 2.52. The Morgan fingerprint density at radius 3 is 1.68 bits per heavy atom. The summed E-state index contributed by atoms with van der Waals surface area (Å²) in [5, 5.41) is 3.07. The molecule has 4 nitrogen and oxygen atoms in total. The first kappa shape index (κ1) is 14.5. The molecule has 1 heterocycles. The van der Waals surface area contributed by atoms with Crippen molar-refractivity contribution in [2.45, 2.75) is 45.6 Å². The Morgan fingerprint density at radius 2 is 1.32 bits per heavy atom. The summed E-state index contributed by atoms with van der Waals surface area (Å²) in [5.41, 5.74) is 5.03. The molecule has 0 saturated carbocycles. The summed E-state index contributed by atoms with van der Waals surface area (Å²) in [7, 11) is -3.43. The number of sulfonamides is 1. The molecule has 1 saturated heterocycles. The van der Waals surface area contributed by atoms with E-state index in [1.54, 1.807) is 0 Å². The van der Waals surface area contributed by atoms with Crippen molar-refractivity contribution in [3.63, 3.8) is 0 Å². The molecular weight excluding hydrogens is 260 g/mol. The number of hydrogen-bond acceptors (Lipinski definition) is 3. The maximum absolute atomic E-state index is 12.6. The van der Waals surface area contributed by atoms with Gasteiger partial charge in [-0.3, -0.25) is 0 Å². The molecule has 0 spiro atoms. The van der Waals surface area contributed by atoms with E-state index in [4.69, 9.17) is 0 Å². The summed E-state index contributed by atoms with van der Waals surface area (Å²) < 4.78 is 27.9.